The number of nitrogens with one attached hydrogen (secondary N) is 1. The van der Waals surface area contributed by atoms with Crippen molar-refractivity contribution in [1.29, 1.82) is 0 Å². The van der Waals surface area contributed by atoms with Crippen LogP contribution in [0.15, 0.2) is 29.6 Å². The van der Waals surface area contributed by atoms with Crippen LogP contribution in [0.2, 0.25) is 0 Å². The van der Waals surface area contributed by atoms with E-state index in [0.717, 1.165) is 31.7 Å². The fraction of sp³-hybridized carbons (Fsp3) is 0.467. The van der Waals surface area contributed by atoms with Crippen molar-refractivity contribution in [3.05, 3.63) is 46.5 Å². The summed E-state index contributed by atoms with van der Waals surface area (Å²) in [4.78, 5) is 0. The molecule has 0 saturated carbocycles. The highest BCUT2D eigenvalue weighted by Gasteiger charge is 2.25. The molecule has 1 aliphatic heterocycles. The first-order chi connectivity index (χ1) is 9.88. The van der Waals surface area contributed by atoms with E-state index in [4.69, 9.17) is 4.74 Å². The molecular formula is C15H19N3OS. The van der Waals surface area contributed by atoms with Crippen LogP contribution in [0, 0.1) is 0 Å². The molecule has 1 aromatic heterocycles. The van der Waals surface area contributed by atoms with Gasteiger partial charge in [0, 0.05) is 5.38 Å². The Balaban J connectivity index is 1.79. The van der Waals surface area contributed by atoms with Crippen LogP contribution in [0.1, 0.15) is 42.3 Å². The molecule has 2 aromatic rings. The monoisotopic (exact) mass is 289 g/mol. The molecule has 2 unspecified atom stereocenters. The zero-order valence-corrected chi connectivity index (χ0v) is 12.4. The summed E-state index contributed by atoms with van der Waals surface area (Å²) in [5, 5.41) is 9.71. The molecule has 0 bridgehead atoms. The number of hydrogen-bond donors (Lipinski definition) is 1. The quantitative estimate of drug-likeness (QED) is 0.919. The third-order valence-corrected chi connectivity index (χ3v) is 4.25. The zero-order chi connectivity index (χ0) is 13.8. The number of aromatic nitrogens is 2. The first kappa shape index (κ1) is 13.7. The first-order valence-corrected chi connectivity index (χ1v) is 7.92. The summed E-state index contributed by atoms with van der Waals surface area (Å²) >= 11 is 1.40. The molecule has 0 spiro atoms. The summed E-state index contributed by atoms with van der Waals surface area (Å²) in [5.41, 5.74) is 3.75. The molecule has 1 N–H and O–H groups in total. The highest BCUT2D eigenvalue weighted by atomic mass is 32.1. The fourth-order valence-corrected chi connectivity index (χ4v) is 3.27. The van der Waals surface area contributed by atoms with E-state index in [0.29, 0.717) is 0 Å². The molecular weight excluding hydrogens is 270 g/mol. The molecule has 3 rings (SSSR count). The lowest BCUT2D eigenvalue weighted by Gasteiger charge is -2.29. The Bertz CT molecular complexity index is 544. The van der Waals surface area contributed by atoms with E-state index >= 15 is 0 Å². The summed E-state index contributed by atoms with van der Waals surface area (Å²) in [7, 11) is 0. The third-order valence-electron chi connectivity index (χ3n) is 3.73. The van der Waals surface area contributed by atoms with Crippen molar-refractivity contribution in [1.82, 2.24) is 14.9 Å². The van der Waals surface area contributed by atoms with Crippen molar-refractivity contribution in [2.75, 3.05) is 13.2 Å². The lowest BCUT2D eigenvalue weighted by atomic mass is 9.93. The van der Waals surface area contributed by atoms with Gasteiger partial charge in [-0.25, -0.2) is 0 Å². The van der Waals surface area contributed by atoms with Crippen molar-refractivity contribution in [3.8, 4) is 0 Å². The van der Waals surface area contributed by atoms with Crippen LogP contribution in [0.3, 0.4) is 0 Å². The zero-order valence-electron chi connectivity index (χ0n) is 11.6. The minimum absolute atomic E-state index is 0.144. The summed E-state index contributed by atoms with van der Waals surface area (Å²) in [6.45, 7) is 3.83. The second-order valence-corrected chi connectivity index (χ2v) is 5.59. The van der Waals surface area contributed by atoms with Crippen LogP contribution in [-0.4, -0.2) is 22.7 Å². The smallest absolute Gasteiger partial charge is 0.0925 e. The molecule has 0 fully saturated rings. The van der Waals surface area contributed by atoms with E-state index in [1.54, 1.807) is 0 Å². The summed E-state index contributed by atoms with van der Waals surface area (Å²) in [5.74, 6) is 0. The van der Waals surface area contributed by atoms with Gasteiger partial charge in [0.1, 0.15) is 0 Å². The Hall–Kier alpha value is -1.30. The molecule has 1 aromatic carbocycles. The molecule has 4 nitrogen and oxygen atoms in total. The van der Waals surface area contributed by atoms with Crippen molar-refractivity contribution in [2.24, 2.45) is 0 Å². The van der Waals surface area contributed by atoms with E-state index < -0.39 is 0 Å². The van der Waals surface area contributed by atoms with Gasteiger partial charge in [-0.3, -0.25) is 0 Å². The third kappa shape index (κ3) is 2.90. The van der Waals surface area contributed by atoms with Crippen LogP contribution in [0.4, 0.5) is 0 Å². The molecule has 106 valence electrons. The van der Waals surface area contributed by atoms with E-state index in [2.05, 4.69) is 46.1 Å². The van der Waals surface area contributed by atoms with Gasteiger partial charge in [0.25, 0.3) is 0 Å². The van der Waals surface area contributed by atoms with Crippen molar-refractivity contribution in [2.45, 2.75) is 31.9 Å². The molecule has 2 heterocycles. The summed E-state index contributed by atoms with van der Waals surface area (Å²) < 4.78 is 9.97. The second kappa shape index (κ2) is 6.43. The molecule has 0 aliphatic carbocycles. The predicted molar refractivity (Wildman–Crippen MR) is 79.8 cm³/mol. The topological polar surface area (TPSA) is 47.0 Å². The van der Waals surface area contributed by atoms with Crippen molar-refractivity contribution < 1.29 is 4.74 Å². The number of hydrogen-bond acceptors (Lipinski definition) is 5. The minimum Gasteiger partial charge on any atom is -0.373 e. The van der Waals surface area contributed by atoms with Gasteiger partial charge >= 0.3 is 0 Å². The summed E-state index contributed by atoms with van der Waals surface area (Å²) in [6, 6.07) is 8.79. The number of nitrogens with zero attached hydrogens (tertiary/aromatic N) is 2. The fourth-order valence-electron chi connectivity index (χ4n) is 2.76. The predicted octanol–water partition coefficient (Wildman–Crippen LogP) is 2.89. The first-order valence-electron chi connectivity index (χ1n) is 7.08. The lowest BCUT2D eigenvalue weighted by Crippen LogP contribution is -2.26. The van der Waals surface area contributed by atoms with Gasteiger partial charge in [-0.1, -0.05) is 35.7 Å². The van der Waals surface area contributed by atoms with Gasteiger partial charge in [-0.2, -0.15) is 0 Å². The maximum atomic E-state index is 5.99. The van der Waals surface area contributed by atoms with Crippen molar-refractivity contribution in [3.63, 3.8) is 0 Å². The summed E-state index contributed by atoms with van der Waals surface area (Å²) in [6.07, 6.45) is 2.05. The molecule has 0 radical (unpaired) electrons. The van der Waals surface area contributed by atoms with Crippen LogP contribution in [0.5, 0.6) is 0 Å². The van der Waals surface area contributed by atoms with Gasteiger partial charge in [0.05, 0.1) is 24.4 Å². The van der Waals surface area contributed by atoms with E-state index in [-0.39, 0.29) is 12.1 Å². The van der Waals surface area contributed by atoms with Crippen LogP contribution in [-0.2, 0) is 11.2 Å². The lowest BCUT2D eigenvalue weighted by molar-refractivity contribution is 0.0291. The van der Waals surface area contributed by atoms with Crippen molar-refractivity contribution >= 4 is 11.5 Å². The van der Waals surface area contributed by atoms with Crippen LogP contribution < -0.4 is 5.32 Å². The van der Waals surface area contributed by atoms with Gasteiger partial charge in [-0.15, -0.1) is 5.10 Å². The van der Waals surface area contributed by atoms with Crippen LogP contribution in [0.25, 0.3) is 0 Å². The standard InChI is InChI=1S/C15H19N3OS/c1-2-16-13(14-10-20-18-17-14)9-15-12-6-4-3-5-11(12)7-8-19-15/h3-6,10,13,15-16H,2,7-9H2,1H3. The Labute approximate surface area is 123 Å². The van der Waals surface area contributed by atoms with Gasteiger partial charge < -0.3 is 10.1 Å². The number of fused-ring (bicyclic) bond motifs is 1. The minimum atomic E-state index is 0.144. The Kier molecular flexibility index (Phi) is 4.40. The SMILES string of the molecule is CCNC(CC1OCCc2ccccc21)c1csnn1. The number of ether oxygens (including phenoxy) is 1. The molecule has 2 atom stereocenters. The normalized spacial score (nSPS) is 19.6. The molecule has 1 aliphatic rings. The van der Waals surface area contributed by atoms with Crippen LogP contribution >= 0.6 is 11.5 Å². The second-order valence-electron chi connectivity index (χ2n) is 4.98. The Morgan fingerprint density at radius 3 is 3.15 bits per heavy atom. The average Bonchev–Trinajstić information content (AvgIpc) is 3.01. The van der Waals surface area contributed by atoms with Gasteiger partial charge in [0.15, 0.2) is 0 Å². The van der Waals surface area contributed by atoms with Gasteiger partial charge in [0.2, 0.25) is 0 Å². The molecule has 0 saturated heterocycles. The van der Waals surface area contributed by atoms with E-state index in [9.17, 15) is 0 Å². The average molecular weight is 289 g/mol. The maximum absolute atomic E-state index is 5.99. The number of rotatable bonds is 5. The highest BCUT2D eigenvalue weighted by Crippen LogP contribution is 2.33. The Morgan fingerprint density at radius 1 is 1.45 bits per heavy atom. The van der Waals surface area contributed by atoms with E-state index in [1.165, 1.54) is 22.7 Å². The number of benzene rings is 1. The molecule has 0 amide bonds. The maximum Gasteiger partial charge on any atom is 0.0925 e. The highest BCUT2D eigenvalue weighted by molar-refractivity contribution is 7.03. The van der Waals surface area contributed by atoms with E-state index in [1.807, 2.05) is 5.38 Å². The Morgan fingerprint density at radius 2 is 2.35 bits per heavy atom. The molecule has 20 heavy (non-hydrogen) atoms. The molecule has 5 heteroatoms. The largest absolute Gasteiger partial charge is 0.373 e. The van der Waals surface area contributed by atoms with Gasteiger partial charge in [-0.05, 0) is 42.0 Å².